The van der Waals surface area contributed by atoms with Crippen molar-refractivity contribution in [2.75, 3.05) is 5.73 Å². The second-order valence-corrected chi connectivity index (χ2v) is 5.00. The van der Waals surface area contributed by atoms with Gasteiger partial charge in [-0.2, -0.15) is 5.10 Å². The summed E-state index contributed by atoms with van der Waals surface area (Å²) in [4.78, 5) is 4.33. The largest absolute Gasteiger partial charge is 0.382 e. The Morgan fingerprint density at radius 1 is 1.05 bits per heavy atom. The van der Waals surface area contributed by atoms with Crippen LogP contribution in [0.15, 0.2) is 53.1 Å². The molecule has 0 bridgehead atoms. The van der Waals surface area contributed by atoms with Gasteiger partial charge in [0.1, 0.15) is 0 Å². The molecule has 4 nitrogen and oxygen atoms in total. The first kappa shape index (κ1) is 11.9. The first-order valence-corrected chi connectivity index (χ1v) is 6.56. The van der Waals surface area contributed by atoms with E-state index in [1.54, 1.807) is 6.20 Å². The number of rotatable bonds is 2. The number of aromatic amines is 1. The van der Waals surface area contributed by atoms with Crippen molar-refractivity contribution in [1.29, 1.82) is 0 Å². The van der Waals surface area contributed by atoms with Crippen LogP contribution < -0.4 is 5.73 Å². The van der Waals surface area contributed by atoms with E-state index in [1.165, 1.54) is 0 Å². The van der Waals surface area contributed by atoms with Crippen LogP contribution >= 0.6 is 15.9 Å². The molecule has 2 aromatic heterocycles. The Morgan fingerprint density at radius 2 is 1.84 bits per heavy atom. The lowest BCUT2D eigenvalue weighted by Gasteiger charge is -2.04. The molecule has 0 saturated heterocycles. The number of hydrogen-bond donors (Lipinski definition) is 2. The Morgan fingerprint density at radius 3 is 2.53 bits per heavy atom. The first-order chi connectivity index (χ1) is 9.25. The van der Waals surface area contributed by atoms with Crippen LogP contribution in [0.25, 0.3) is 22.5 Å². The summed E-state index contributed by atoms with van der Waals surface area (Å²) in [7, 11) is 0. The highest BCUT2D eigenvalue weighted by molar-refractivity contribution is 9.10. The third kappa shape index (κ3) is 2.24. The monoisotopic (exact) mass is 314 g/mol. The van der Waals surface area contributed by atoms with E-state index >= 15 is 0 Å². The van der Waals surface area contributed by atoms with Crippen molar-refractivity contribution in [3.8, 4) is 22.5 Å². The fraction of sp³-hybridized carbons (Fsp3) is 0. The minimum atomic E-state index is 0.475. The summed E-state index contributed by atoms with van der Waals surface area (Å²) in [5.41, 5.74) is 9.51. The lowest BCUT2D eigenvalue weighted by molar-refractivity contribution is 1.09. The van der Waals surface area contributed by atoms with Crippen molar-refractivity contribution in [3.05, 3.63) is 53.1 Å². The lowest BCUT2D eigenvalue weighted by Crippen LogP contribution is -1.89. The van der Waals surface area contributed by atoms with Gasteiger partial charge in [0, 0.05) is 10.7 Å². The molecule has 0 radical (unpaired) electrons. The van der Waals surface area contributed by atoms with Gasteiger partial charge in [0.2, 0.25) is 0 Å². The van der Waals surface area contributed by atoms with Crippen LogP contribution in [-0.2, 0) is 0 Å². The maximum atomic E-state index is 5.97. The van der Waals surface area contributed by atoms with E-state index in [4.69, 9.17) is 5.73 Å². The number of hydrogen-bond acceptors (Lipinski definition) is 3. The van der Waals surface area contributed by atoms with Crippen molar-refractivity contribution < 1.29 is 0 Å². The molecule has 0 atom stereocenters. The van der Waals surface area contributed by atoms with Gasteiger partial charge in [-0.3, -0.25) is 10.1 Å². The molecule has 0 fully saturated rings. The zero-order chi connectivity index (χ0) is 13.2. The molecule has 3 rings (SSSR count). The average Bonchev–Trinajstić information content (AvgIpc) is 2.83. The molecule has 0 aliphatic rings. The molecule has 0 amide bonds. The molecular formula is C14H11BrN4. The molecule has 3 aromatic rings. The Kier molecular flexibility index (Phi) is 3.05. The van der Waals surface area contributed by atoms with E-state index in [9.17, 15) is 0 Å². The van der Waals surface area contributed by atoms with Crippen LogP contribution in [-0.4, -0.2) is 15.2 Å². The minimum Gasteiger partial charge on any atom is -0.382 e. The van der Waals surface area contributed by atoms with E-state index in [1.807, 2.05) is 42.5 Å². The van der Waals surface area contributed by atoms with E-state index in [0.29, 0.717) is 5.82 Å². The van der Waals surface area contributed by atoms with Gasteiger partial charge in [-0.15, -0.1) is 0 Å². The molecule has 0 unspecified atom stereocenters. The maximum absolute atomic E-state index is 5.97. The summed E-state index contributed by atoms with van der Waals surface area (Å²) in [6, 6.07) is 13.7. The highest BCUT2D eigenvalue weighted by Gasteiger charge is 2.15. The number of nitrogen functional groups attached to an aromatic ring is 1. The smallest absolute Gasteiger partial charge is 0.153 e. The second kappa shape index (κ2) is 4.85. The number of nitrogens with zero attached hydrogens (tertiary/aromatic N) is 2. The van der Waals surface area contributed by atoms with Crippen molar-refractivity contribution in [2.24, 2.45) is 0 Å². The SMILES string of the molecule is Nc1n[nH]c(-c2ccccn2)c1-c1ccc(Br)cc1. The van der Waals surface area contributed by atoms with Crippen molar-refractivity contribution in [2.45, 2.75) is 0 Å². The third-order valence-electron chi connectivity index (χ3n) is 2.85. The van der Waals surface area contributed by atoms with E-state index in [-0.39, 0.29) is 0 Å². The van der Waals surface area contributed by atoms with Crippen LogP contribution in [0.4, 0.5) is 5.82 Å². The number of nitrogens with one attached hydrogen (secondary N) is 1. The Hall–Kier alpha value is -2.14. The molecule has 94 valence electrons. The molecule has 5 heteroatoms. The predicted molar refractivity (Wildman–Crippen MR) is 79.4 cm³/mol. The van der Waals surface area contributed by atoms with E-state index in [0.717, 1.165) is 27.0 Å². The molecule has 0 aliphatic carbocycles. The number of benzene rings is 1. The number of pyridine rings is 1. The van der Waals surface area contributed by atoms with Gasteiger partial charge in [-0.25, -0.2) is 0 Å². The third-order valence-corrected chi connectivity index (χ3v) is 3.38. The highest BCUT2D eigenvalue weighted by atomic mass is 79.9. The van der Waals surface area contributed by atoms with Gasteiger partial charge in [0.25, 0.3) is 0 Å². The molecule has 19 heavy (non-hydrogen) atoms. The first-order valence-electron chi connectivity index (χ1n) is 5.77. The second-order valence-electron chi connectivity index (χ2n) is 4.08. The number of halogens is 1. The lowest BCUT2D eigenvalue weighted by atomic mass is 10.0. The summed E-state index contributed by atoms with van der Waals surface area (Å²) in [6.45, 7) is 0. The van der Waals surface area contributed by atoms with Gasteiger partial charge in [0.05, 0.1) is 17.0 Å². The van der Waals surface area contributed by atoms with Crippen molar-refractivity contribution in [3.63, 3.8) is 0 Å². The number of nitrogens with two attached hydrogens (primary N) is 1. The van der Waals surface area contributed by atoms with Crippen molar-refractivity contribution in [1.82, 2.24) is 15.2 Å². The summed E-state index contributed by atoms with van der Waals surface area (Å²) in [6.07, 6.45) is 1.75. The van der Waals surface area contributed by atoms with Crippen LogP contribution in [0.2, 0.25) is 0 Å². The molecule has 1 aromatic carbocycles. The molecule has 2 heterocycles. The Balaban J connectivity index is 2.17. The zero-order valence-corrected chi connectivity index (χ0v) is 11.6. The van der Waals surface area contributed by atoms with Gasteiger partial charge in [-0.05, 0) is 29.8 Å². The fourth-order valence-corrected chi connectivity index (χ4v) is 2.23. The quantitative estimate of drug-likeness (QED) is 0.761. The number of H-pyrrole nitrogens is 1. The number of aromatic nitrogens is 3. The molecule has 0 spiro atoms. The van der Waals surface area contributed by atoms with Crippen molar-refractivity contribution >= 4 is 21.7 Å². The Bertz CT molecular complexity index is 689. The molecule has 3 N–H and O–H groups in total. The summed E-state index contributed by atoms with van der Waals surface area (Å²) < 4.78 is 1.03. The van der Waals surface area contributed by atoms with Gasteiger partial charge < -0.3 is 5.73 Å². The van der Waals surface area contributed by atoms with Crippen LogP contribution in [0.1, 0.15) is 0 Å². The number of anilines is 1. The fourth-order valence-electron chi connectivity index (χ4n) is 1.96. The highest BCUT2D eigenvalue weighted by Crippen LogP contribution is 2.34. The minimum absolute atomic E-state index is 0.475. The summed E-state index contributed by atoms with van der Waals surface area (Å²) >= 11 is 3.42. The average molecular weight is 315 g/mol. The summed E-state index contributed by atoms with van der Waals surface area (Å²) in [5, 5.41) is 7.05. The van der Waals surface area contributed by atoms with Gasteiger partial charge in [-0.1, -0.05) is 34.1 Å². The standard InChI is InChI=1S/C14H11BrN4/c15-10-6-4-9(5-7-10)12-13(18-19-14(12)16)11-3-1-2-8-17-11/h1-8H,(H3,16,18,19). The summed E-state index contributed by atoms with van der Waals surface area (Å²) in [5.74, 6) is 0.475. The Labute approximate surface area is 118 Å². The molecular weight excluding hydrogens is 304 g/mol. The van der Waals surface area contributed by atoms with Crippen LogP contribution in [0, 0.1) is 0 Å². The van der Waals surface area contributed by atoms with Gasteiger partial charge >= 0.3 is 0 Å². The molecule has 0 saturated carbocycles. The van der Waals surface area contributed by atoms with Crippen LogP contribution in [0.3, 0.4) is 0 Å². The maximum Gasteiger partial charge on any atom is 0.153 e. The zero-order valence-electron chi connectivity index (χ0n) is 9.97. The van der Waals surface area contributed by atoms with Crippen LogP contribution in [0.5, 0.6) is 0 Å². The molecule has 0 aliphatic heterocycles. The van der Waals surface area contributed by atoms with Gasteiger partial charge in [0.15, 0.2) is 5.82 Å². The van der Waals surface area contributed by atoms with E-state index < -0.39 is 0 Å². The normalized spacial score (nSPS) is 10.6. The predicted octanol–water partition coefficient (Wildman–Crippen LogP) is 3.48. The topological polar surface area (TPSA) is 67.6 Å². The van der Waals surface area contributed by atoms with E-state index in [2.05, 4.69) is 31.1 Å².